The molecular formula is C12H11NO5. The number of benzene rings is 1. The molecule has 0 aliphatic heterocycles. The summed E-state index contributed by atoms with van der Waals surface area (Å²) >= 11 is 0. The number of furan rings is 1. The van der Waals surface area contributed by atoms with E-state index in [1.165, 1.54) is 6.26 Å². The number of hydrogen-bond acceptors (Lipinski definition) is 5. The minimum atomic E-state index is -1.17. The first kappa shape index (κ1) is 12.1. The minimum Gasteiger partial charge on any atom is -0.463 e. The maximum Gasteiger partial charge on any atom is 0.412 e. The molecule has 0 aliphatic rings. The number of nitrogens with two attached hydrogens (primary N) is 1. The zero-order valence-electron chi connectivity index (χ0n) is 9.54. The van der Waals surface area contributed by atoms with Gasteiger partial charge in [0.05, 0.1) is 6.10 Å². The standard InChI is InChI=1S/C12H11NO5/c1-6(14)7-2-3-8-9(5-17-10(8)4-7)11(15)18-12(13)16/h2-6,14H,1H3,(H2,13,16). The maximum absolute atomic E-state index is 11.5. The summed E-state index contributed by atoms with van der Waals surface area (Å²) in [7, 11) is 0. The zero-order valence-corrected chi connectivity index (χ0v) is 9.54. The average Bonchev–Trinajstić information content (AvgIpc) is 2.70. The number of carbonyl (C=O) groups is 2. The molecule has 1 aromatic heterocycles. The monoisotopic (exact) mass is 249 g/mol. The molecule has 1 amide bonds. The van der Waals surface area contributed by atoms with Crippen LogP contribution in [0.15, 0.2) is 28.9 Å². The second kappa shape index (κ2) is 4.50. The van der Waals surface area contributed by atoms with Crippen LogP contribution in [0.3, 0.4) is 0 Å². The minimum absolute atomic E-state index is 0.112. The summed E-state index contributed by atoms with van der Waals surface area (Å²) in [5, 5.41) is 9.91. The molecule has 3 N–H and O–H groups in total. The molecule has 1 aromatic carbocycles. The number of primary amides is 1. The van der Waals surface area contributed by atoms with Crippen LogP contribution in [0.1, 0.15) is 28.9 Å². The van der Waals surface area contributed by atoms with Crippen LogP contribution in [-0.2, 0) is 4.74 Å². The highest BCUT2D eigenvalue weighted by molar-refractivity contribution is 6.06. The van der Waals surface area contributed by atoms with E-state index in [1.54, 1.807) is 25.1 Å². The van der Waals surface area contributed by atoms with E-state index in [9.17, 15) is 14.7 Å². The van der Waals surface area contributed by atoms with Crippen LogP contribution in [0.25, 0.3) is 11.0 Å². The first-order valence-corrected chi connectivity index (χ1v) is 5.20. The van der Waals surface area contributed by atoms with Gasteiger partial charge in [-0.2, -0.15) is 0 Å². The SMILES string of the molecule is CC(O)c1ccc2c(C(=O)OC(N)=O)coc2c1. The van der Waals surface area contributed by atoms with Gasteiger partial charge in [-0.05, 0) is 24.6 Å². The molecule has 6 nitrogen and oxygen atoms in total. The molecule has 18 heavy (non-hydrogen) atoms. The van der Waals surface area contributed by atoms with Crippen LogP contribution in [-0.4, -0.2) is 17.2 Å². The predicted octanol–water partition coefficient (Wildman–Crippen LogP) is 1.72. The summed E-state index contributed by atoms with van der Waals surface area (Å²) in [6, 6.07) is 4.88. The molecule has 0 spiro atoms. The van der Waals surface area contributed by atoms with E-state index in [4.69, 9.17) is 10.2 Å². The number of amides is 1. The Morgan fingerprint density at radius 3 is 2.78 bits per heavy atom. The van der Waals surface area contributed by atoms with Crippen LogP contribution in [0.2, 0.25) is 0 Å². The van der Waals surface area contributed by atoms with Gasteiger partial charge in [-0.3, -0.25) is 0 Å². The van der Waals surface area contributed by atoms with Crippen LogP contribution >= 0.6 is 0 Å². The number of hydrogen-bond donors (Lipinski definition) is 2. The lowest BCUT2D eigenvalue weighted by Gasteiger charge is -2.03. The molecule has 94 valence electrons. The van der Waals surface area contributed by atoms with E-state index >= 15 is 0 Å². The maximum atomic E-state index is 11.5. The Morgan fingerprint density at radius 1 is 1.44 bits per heavy atom. The third kappa shape index (κ3) is 2.18. The number of fused-ring (bicyclic) bond motifs is 1. The molecule has 0 bridgehead atoms. The molecule has 1 heterocycles. The van der Waals surface area contributed by atoms with Gasteiger partial charge < -0.3 is 20.0 Å². The van der Waals surface area contributed by atoms with Crippen LogP contribution in [0, 0.1) is 0 Å². The predicted molar refractivity (Wildman–Crippen MR) is 61.8 cm³/mol. The van der Waals surface area contributed by atoms with Gasteiger partial charge in [-0.25, -0.2) is 9.59 Å². The number of ether oxygens (including phenoxy) is 1. The van der Waals surface area contributed by atoms with Gasteiger partial charge in [0.15, 0.2) is 0 Å². The highest BCUT2D eigenvalue weighted by atomic mass is 16.6. The Morgan fingerprint density at radius 2 is 2.17 bits per heavy atom. The summed E-state index contributed by atoms with van der Waals surface area (Å²) in [5.41, 5.74) is 5.95. The second-order valence-electron chi connectivity index (χ2n) is 3.79. The normalized spacial score (nSPS) is 12.3. The van der Waals surface area contributed by atoms with Crippen LogP contribution in [0.4, 0.5) is 4.79 Å². The fraction of sp³-hybridized carbons (Fsp3) is 0.167. The lowest BCUT2D eigenvalue weighted by Crippen LogP contribution is -2.18. The van der Waals surface area contributed by atoms with Crippen molar-refractivity contribution in [2.24, 2.45) is 5.73 Å². The fourth-order valence-corrected chi connectivity index (χ4v) is 1.61. The smallest absolute Gasteiger partial charge is 0.412 e. The van der Waals surface area contributed by atoms with E-state index in [2.05, 4.69) is 4.74 Å². The Balaban J connectivity index is 2.43. The summed E-state index contributed by atoms with van der Waals surface area (Å²) in [5.74, 6) is -0.869. The Kier molecular flexibility index (Phi) is 3.03. The van der Waals surface area contributed by atoms with Crippen molar-refractivity contribution in [3.05, 3.63) is 35.6 Å². The van der Waals surface area contributed by atoms with Gasteiger partial charge in [-0.15, -0.1) is 0 Å². The molecule has 0 radical (unpaired) electrons. The van der Waals surface area contributed by atoms with E-state index in [0.29, 0.717) is 16.5 Å². The number of esters is 1. The Bertz CT molecular complexity index is 614. The molecule has 0 saturated heterocycles. The number of rotatable bonds is 2. The third-order valence-corrected chi connectivity index (χ3v) is 2.50. The van der Waals surface area contributed by atoms with Crippen molar-refractivity contribution < 1.29 is 23.8 Å². The van der Waals surface area contributed by atoms with E-state index in [-0.39, 0.29) is 5.56 Å². The Hall–Kier alpha value is -2.34. The van der Waals surface area contributed by atoms with Gasteiger partial charge >= 0.3 is 12.1 Å². The molecule has 2 aromatic rings. The number of aliphatic hydroxyl groups excluding tert-OH is 1. The lowest BCUT2D eigenvalue weighted by molar-refractivity contribution is 0.0639. The van der Waals surface area contributed by atoms with Crippen molar-refractivity contribution in [2.45, 2.75) is 13.0 Å². The van der Waals surface area contributed by atoms with Crippen molar-refractivity contribution in [2.75, 3.05) is 0 Å². The zero-order chi connectivity index (χ0) is 13.3. The molecule has 1 unspecified atom stereocenters. The van der Waals surface area contributed by atoms with E-state index < -0.39 is 18.2 Å². The highest BCUT2D eigenvalue weighted by Crippen LogP contribution is 2.25. The molecule has 2 rings (SSSR count). The highest BCUT2D eigenvalue weighted by Gasteiger charge is 2.17. The summed E-state index contributed by atoms with van der Waals surface area (Å²) < 4.78 is 9.45. The quantitative estimate of drug-likeness (QED) is 0.623. The van der Waals surface area contributed by atoms with Crippen molar-refractivity contribution in [1.29, 1.82) is 0 Å². The van der Waals surface area contributed by atoms with Gasteiger partial charge in [0.2, 0.25) is 0 Å². The molecule has 6 heteroatoms. The fourth-order valence-electron chi connectivity index (χ4n) is 1.61. The average molecular weight is 249 g/mol. The largest absolute Gasteiger partial charge is 0.463 e. The lowest BCUT2D eigenvalue weighted by atomic mass is 10.1. The summed E-state index contributed by atoms with van der Waals surface area (Å²) in [6.07, 6.45) is -0.627. The van der Waals surface area contributed by atoms with E-state index in [1.807, 2.05) is 0 Å². The summed E-state index contributed by atoms with van der Waals surface area (Å²) in [6.45, 7) is 1.62. The third-order valence-electron chi connectivity index (χ3n) is 2.50. The molecular weight excluding hydrogens is 238 g/mol. The van der Waals surface area contributed by atoms with Gasteiger partial charge in [0, 0.05) is 5.39 Å². The van der Waals surface area contributed by atoms with Crippen molar-refractivity contribution in [3.8, 4) is 0 Å². The first-order valence-electron chi connectivity index (χ1n) is 5.20. The topological polar surface area (TPSA) is 103 Å². The first-order chi connectivity index (χ1) is 8.49. The second-order valence-corrected chi connectivity index (χ2v) is 3.79. The van der Waals surface area contributed by atoms with Crippen molar-refractivity contribution >= 4 is 23.0 Å². The summed E-state index contributed by atoms with van der Waals surface area (Å²) in [4.78, 5) is 22.0. The Labute approximate surface area is 102 Å². The molecule has 0 aliphatic carbocycles. The van der Waals surface area contributed by atoms with Gasteiger partial charge in [0.25, 0.3) is 0 Å². The van der Waals surface area contributed by atoms with Crippen LogP contribution in [0.5, 0.6) is 0 Å². The van der Waals surface area contributed by atoms with Gasteiger partial charge in [-0.1, -0.05) is 6.07 Å². The van der Waals surface area contributed by atoms with E-state index in [0.717, 1.165) is 0 Å². The van der Waals surface area contributed by atoms with Crippen molar-refractivity contribution in [1.82, 2.24) is 0 Å². The van der Waals surface area contributed by atoms with Gasteiger partial charge in [0.1, 0.15) is 17.4 Å². The molecule has 0 fully saturated rings. The van der Waals surface area contributed by atoms with Crippen molar-refractivity contribution in [3.63, 3.8) is 0 Å². The van der Waals surface area contributed by atoms with Crippen LogP contribution < -0.4 is 5.73 Å². The number of aliphatic hydroxyl groups is 1. The molecule has 0 saturated carbocycles. The molecule has 1 atom stereocenters. The number of carbonyl (C=O) groups excluding carboxylic acids is 2.